The molecule has 0 bridgehead atoms. The fraction of sp³-hybridized carbons (Fsp3) is 0.769. The molecule has 0 fully saturated rings. The van der Waals surface area contributed by atoms with Gasteiger partial charge in [0.05, 0.1) is 0 Å². The van der Waals surface area contributed by atoms with E-state index in [1.165, 1.54) is 18.4 Å². The predicted molar refractivity (Wildman–Crippen MR) is 66.0 cm³/mol. The van der Waals surface area contributed by atoms with Crippen molar-refractivity contribution >= 4 is 6.21 Å². The molecule has 82 valence electrons. The molecule has 0 aromatic carbocycles. The van der Waals surface area contributed by atoms with Gasteiger partial charge in [-0.25, -0.2) is 0 Å². The van der Waals surface area contributed by atoms with Crippen LogP contribution in [0.4, 0.5) is 0 Å². The highest BCUT2D eigenvalue weighted by molar-refractivity contribution is 5.77. The molecule has 0 aliphatic carbocycles. The first-order valence-electron chi connectivity index (χ1n) is 5.72. The molecule has 0 N–H and O–H groups in total. The van der Waals surface area contributed by atoms with E-state index in [9.17, 15) is 0 Å². The van der Waals surface area contributed by atoms with Gasteiger partial charge in [0.15, 0.2) is 0 Å². The van der Waals surface area contributed by atoms with E-state index in [0.717, 1.165) is 18.4 Å². The Balaban J connectivity index is 3.89. The van der Waals surface area contributed by atoms with Gasteiger partial charge in [-0.1, -0.05) is 33.3 Å². The summed E-state index contributed by atoms with van der Waals surface area (Å²) in [5.41, 5.74) is 1.25. The molecule has 0 rings (SSSR count). The van der Waals surface area contributed by atoms with Crippen molar-refractivity contribution in [2.45, 2.75) is 47.5 Å². The Bertz CT molecular complexity index is 189. The first kappa shape index (κ1) is 13.4. The lowest BCUT2D eigenvalue weighted by molar-refractivity contribution is 0.408. The smallest absolute Gasteiger partial charge is 0.0417 e. The molecule has 1 heteroatoms. The summed E-state index contributed by atoms with van der Waals surface area (Å²) in [5.74, 6) is 1.55. The van der Waals surface area contributed by atoms with Gasteiger partial charge in [0, 0.05) is 12.8 Å². The Kier molecular flexibility index (Phi) is 7.45. The summed E-state index contributed by atoms with van der Waals surface area (Å²) in [4.78, 5) is 4.47. The Morgan fingerprint density at radius 1 is 1.36 bits per heavy atom. The minimum Gasteiger partial charge on any atom is -0.293 e. The fourth-order valence-corrected chi connectivity index (χ4v) is 1.46. The van der Waals surface area contributed by atoms with Gasteiger partial charge in [0.1, 0.15) is 0 Å². The highest BCUT2D eigenvalue weighted by atomic mass is 14.7. The van der Waals surface area contributed by atoms with Crippen LogP contribution in [0.5, 0.6) is 0 Å². The lowest BCUT2D eigenvalue weighted by atomic mass is 9.95. The number of aliphatic imine (C=N–C) groups is 1. The van der Waals surface area contributed by atoms with Gasteiger partial charge in [0.25, 0.3) is 0 Å². The zero-order chi connectivity index (χ0) is 11.0. The minimum atomic E-state index is 0.760. The maximum atomic E-state index is 4.47. The van der Waals surface area contributed by atoms with Gasteiger partial charge in [-0.05, 0) is 37.7 Å². The van der Waals surface area contributed by atoms with Gasteiger partial charge in [-0.3, -0.25) is 4.99 Å². The van der Waals surface area contributed by atoms with Crippen molar-refractivity contribution in [1.29, 1.82) is 0 Å². The monoisotopic (exact) mass is 195 g/mol. The van der Waals surface area contributed by atoms with Crippen LogP contribution in [0.15, 0.2) is 16.6 Å². The third kappa shape index (κ3) is 6.88. The predicted octanol–water partition coefficient (Wildman–Crippen LogP) is 4.10. The molecule has 0 spiro atoms. The Labute approximate surface area is 89.3 Å². The summed E-state index contributed by atoms with van der Waals surface area (Å²) >= 11 is 0. The maximum Gasteiger partial charge on any atom is 0.0417 e. The number of nitrogens with zero attached hydrogens (tertiary/aromatic N) is 1. The van der Waals surface area contributed by atoms with Crippen molar-refractivity contribution in [3.8, 4) is 0 Å². The van der Waals surface area contributed by atoms with Gasteiger partial charge < -0.3 is 0 Å². The third-order valence-electron chi connectivity index (χ3n) is 2.50. The largest absolute Gasteiger partial charge is 0.293 e. The van der Waals surface area contributed by atoms with E-state index in [2.05, 4.69) is 38.8 Å². The van der Waals surface area contributed by atoms with Crippen molar-refractivity contribution in [1.82, 2.24) is 0 Å². The molecule has 1 atom stereocenters. The zero-order valence-electron chi connectivity index (χ0n) is 10.4. The zero-order valence-corrected chi connectivity index (χ0v) is 10.4. The molecule has 0 radical (unpaired) electrons. The lowest BCUT2D eigenvalue weighted by Crippen LogP contribution is -2.07. The van der Waals surface area contributed by atoms with Crippen LogP contribution in [0.1, 0.15) is 47.5 Å². The topological polar surface area (TPSA) is 12.4 Å². The highest BCUT2D eigenvalue weighted by Crippen LogP contribution is 2.15. The second-order valence-electron chi connectivity index (χ2n) is 4.43. The van der Waals surface area contributed by atoms with E-state index in [4.69, 9.17) is 0 Å². The Morgan fingerprint density at radius 2 is 2.00 bits per heavy atom. The molecule has 0 aromatic heterocycles. The molecule has 14 heavy (non-hydrogen) atoms. The molecule has 0 amide bonds. The van der Waals surface area contributed by atoms with Crippen LogP contribution in [0.3, 0.4) is 0 Å². The van der Waals surface area contributed by atoms with Crippen molar-refractivity contribution < 1.29 is 0 Å². The molecule has 0 aromatic rings. The minimum absolute atomic E-state index is 0.760. The SMILES string of the molecule is C/C=C(\C)C=NCC(CC)CC(C)C. The van der Waals surface area contributed by atoms with Crippen LogP contribution in [0, 0.1) is 11.8 Å². The first-order chi connectivity index (χ1) is 6.60. The number of hydrogen-bond donors (Lipinski definition) is 0. The van der Waals surface area contributed by atoms with Crippen LogP contribution in [-0.2, 0) is 0 Å². The second kappa shape index (κ2) is 7.78. The van der Waals surface area contributed by atoms with Crippen LogP contribution in [-0.4, -0.2) is 12.8 Å². The van der Waals surface area contributed by atoms with Crippen molar-refractivity contribution in [2.24, 2.45) is 16.8 Å². The van der Waals surface area contributed by atoms with E-state index >= 15 is 0 Å². The molecular formula is C13H25N. The molecule has 0 heterocycles. The summed E-state index contributed by atoms with van der Waals surface area (Å²) in [7, 11) is 0. The van der Waals surface area contributed by atoms with Gasteiger partial charge in [-0.15, -0.1) is 0 Å². The summed E-state index contributed by atoms with van der Waals surface area (Å²) in [6.45, 7) is 11.9. The highest BCUT2D eigenvalue weighted by Gasteiger charge is 2.06. The number of rotatable bonds is 6. The van der Waals surface area contributed by atoms with Gasteiger partial charge in [-0.2, -0.15) is 0 Å². The second-order valence-corrected chi connectivity index (χ2v) is 4.43. The van der Waals surface area contributed by atoms with Crippen LogP contribution >= 0.6 is 0 Å². The quantitative estimate of drug-likeness (QED) is 0.566. The Morgan fingerprint density at radius 3 is 2.43 bits per heavy atom. The summed E-state index contributed by atoms with van der Waals surface area (Å²) in [6, 6.07) is 0. The van der Waals surface area contributed by atoms with E-state index in [0.29, 0.717) is 0 Å². The average Bonchev–Trinajstić information content (AvgIpc) is 2.15. The van der Waals surface area contributed by atoms with Crippen LogP contribution in [0.2, 0.25) is 0 Å². The standard InChI is InChI=1S/C13H25N/c1-6-12(5)9-14-10-13(7-2)8-11(3)4/h6,9,11,13H,7-8,10H2,1-5H3/b12-6+,14-9?. The summed E-state index contributed by atoms with van der Waals surface area (Å²) in [5, 5.41) is 0. The third-order valence-corrected chi connectivity index (χ3v) is 2.50. The van der Waals surface area contributed by atoms with Gasteiger partial charge >= 0.3 is 0 Å². The van der Waals surface area contributed by atoms with E-state index in [-0.39, 0.29) is 0 Å². The average molecular weight is 195 g/mol. The molecule has 0 aliphatic heterocycles. The Hall–Kier alpha value is -0.590. The van der Waals surface area contributed by atoms with E-state index in [1.807, 2.05) is 13.1 Å². The normalized spacial score (nSPS) is 15.4. The van der Waals surface area contributed by atoms with Crippen molar-refractivity contribution in [3.05, 3.63) is 11.6 Å². The molecule has 0 saturated heterocycles. The van der Waals surface area contributed by atoms with Crippen LogP contribution < -0.4 is 0 Å². The molecule has 1 unspecified atom stereocenters. The molecular weight excluding hydrogens is 170 g/mol. The number of hydrogen-bond acceptors (Lipinski definition) is 1. The molecule has 0 aliphatic rings. The van der Waals surface area contributed by atoms with Crippen LogP contribution in [0.25, 0.3) is 0 Å². The molecule has 1 nitrogen and oxygen atoms in total. The maximum absolute atomic E-state index is 4.47. The van der Waals surface area contributed by atoms with Crippen molar-refractivity contribution in [3.63, 3.8) is 0 Å². The number of allylic oxidation sites excluding steroid dienone is 2. The van der Waals surface area contributed by atoms with E-state index in [1.54, 1.807) is 0 Å². The molecule has 0 saturated carbocycles. The lowest BCUT2D eigenvalue weighted by Gasteiger charge is -2.14. The summed E-state index contributed by atoms with van der Waals surface area (Å²) < 4.78 is 0. The summed E-state index contributed by atoms with van der Waals surface area (Å²) in [6.07, 6.45) is 6.61. The first-order valence-corrected chi connectivity index (χ1v) is 5.72. The van der Waals surface area contributed by atoms with E-state index < -0.39 is 0 Å². The fourth-order valence-electron chi connectivity index (χ4n) is 1.46. The van der Waals surface area contributed by atoms with Gasteiger partial charge in [0.2, 0.25) is 0 Å². The van der Waals surface area contributed by atoms with Crippen molar-refractivity contribution in [2.75, 3.05) is 6.54 Å².